The predicted molar refractivity (Wildman–Crippen MR) is 88.7 cm³/mol. The van der Waals surface area contributed by atoms with Crippen molar-refractivity contribution in [3.05, 3.63) is 42.5 Å². The van der Waals surface area contributed by atoms with E-state index in [1.807, 2.05) is 0 Å². The lowest BCUT2D eigenvalue weighted by molar-refractivity contribution is 0.161. The fraction of sp³-hybridized carbons (Fsp3) is 0.444. The molecule has 0 amide bonds. The highest BCUT2D eigenvalue weighted by Gasteiger charge is 2.39. The number of anilines is 1. The van der Waals surface area contributed by atoms with Gasteiger partial charge in [0.2, 0.25) is 0 Å². The summed E-state index contributed by atoms with van der Waals surface area (Å²) in [4.78, 5) is 2.43. The minimum absolute atomic E-state index is 0.0208. The molecule has 2 unspecified atom stereocenters. The summed E-state index contributed by atoms with van der Waals surface area (Å²) in [7, 11) is 0. The van der Waals surface area contributed by atoms with Crippen molar-refractivity contribution in [2.75, 3.05) is 31.2 Å². The van der Waals surface area contributed by atoms with E-state index in [1.165, 1.54) is 16.5 Å². The van der Waals surface area contributed by atoms with E-state index >= 15 is 0 Å². The summed E-state index contributed by atoms with van der Waals surface area (Å²) in [5.74, 6) is 0. The second kappa shape index (κ2) is 5.66. The molecule has 0 saturated carbocycles. The molecule has 112 valence electrons. The molecule has 0 aromatic heterocycles. The van der Waals surface area contributed by atoms with Crippen molar-refractivity contribution < 1.29 is 4.74 Å². The molecule has 1 fully saturated rings. The molecule has 3 nitrogen and oxygen atoms in total. The molecule has 2 N–H and O–H groups in total. The van der Waals surface area contributed by atoms with Crippen molar-refractivity contribution in [2.24, 2.45) is 11.1 Å². The van der Waals surface area contributed by atoms with Gasteiger partial charge >= 0.3 is 0 Å². The largest absolute Gasteiger partial charge is 0.379 e. The van der Waals surface area contributed by atoms with Gasteiger partial charge in [0.1, 0.15) is 0 Å². The van der Waals surface area contributed by atoms with Crippen LogP contribution < -0.4 is 10.6 Å². The number of hydrogen-bond acceptors (Lipinski definition) is 3. The van der Waals surface area contributed by atoms with Crippen molar-refractivity contribution in [1.29, 1.82) is 0 Å². The Hall–Kier alpha value is -1.58. The van der Waals surface area contributed by atoms with Crippen LogP contribution in [0.3, 0.4) is 0 Å². The van der Waals surface area contributed by atoms with Crippen LogP contribution in [0.5, 0.6) is 0 Å². The standard InChI is InChI=1S/C18H24N2O/c1-3-20(12-18(2)13-21-11-17(18)19)16-10-6-8-14-7-4-5-9-15(14)16/h4-10,17H,3,11-13,19H2,1-2H3. The van der Waals surface area contributed by atoms with Gasteiger partial charge in [-0.2, -0.15) is 0 Å². The second-order valence-corrected chi connectivity index (χ2v) is 6.29. The van der Waals surface area contributed by atoms with Gasteiger partial charge in [-0.15, -0.1) is 0 Å². The average molecular weight is 284 g/mol. The molecule has 1 heterocycles. The zero-order valence-electron chi connectivity index (χ0n) is 12.9. The van der Waals surface area contributed by atoms with Gasteiger partial charge in [0.05, 0.1) is 13.2 Å². The molecule has 2 atom stereocenters. The monoisotopic (exact) mass is 284 g/mol. The van der Waals surface area contributed by atoms with Crippen LogP contribution in [-0.4, -0.2) is 32.3 Å². The Morgan fingerprint density at radius 2 is 2.00 bits per heavy atom. The maximum absolute atomic E-state index is 6.26. The fourth-order valence-corrected chi connectivity index (χ4v) is 3.18. The average Bonchev–Trinajstić information content (AvgIpc) is 2.84. The van der Waals surface area contributed by atoms with Gasteiger partial charge in [0.15, 0.2) is 0 Å². The number of benzene rings is 2. The molecule has 21 heavy (non-hydrogen) atoms. The summed E-state index contributed by atoms with van der Waals surface area (Å²) >= 11 is 0. The molecule has 1 aliphatic rings. The molecule has 0 bridgehead atoms. The van der Waals surface area contributed by atoms with Gasteiger partial charge < -0.3 is 15.4 Å². The zero-order chi connectivity index (χ0) is 14.9. The normalized spacial score (nSPS) is 25.4. The summed E-state index contributed by atoms with van der Waals surface area (Å²) in [6.45, 7) is 7.75. The van der Waals surface area contributed by atoms with Crippen LogP contribution in [0, 0.1) is 5.41 Å². The lowest BCUT2D eigenvalue weighted by Crippen LogP contribution is -2.47. The summed E-state index contributed by atoms with van der Waals surface area (Å²) in [5, 5.41) is 2.59. The Morgan fingerprint density at radius 3 is 2.71 bits per heavy atom. The predicted octanol–water partition coefficient (Wildman–Crippen LogP) is 3.03. The summed E-state index contributed by atoms with van der Waals surface area (Å²) in [5.41, 5.74) is 7.56. The van der Waals surface area contributed by atoms with E-state index in [0.29, 0.717) is 6.61 Å². The lowest BCUT2D eigenvalue weighted by Gasteiger charge is -2.35. The Labute approximate surface area is 126 Å². The third-order valence-corrected chi connectivity index (χ3v) is 4.67. The SMILES string of the molecule is CCN(CC1(C)COCC1N)c1cccc2ccccc12. The van der Waals surface area contributed by atoms with Crippen molar-refractivity contribution in [3.63, 3.8) is 0 Å². The quantitative estimate of drug-likeness (QED) is 0.938. The highest BCUT2D eigenvalue weighted by atomic mass is 16.5. The third-order valence-electron chi connectivity index (χ3n) is 4.67. The molecule has 1 aliphatic heterocycles. The maximum Gasteiger partial charge on any atom is 0.0624 e. The van der Waals surface area contributed by atoms with Crippen LogP contribution in [0.4, 0.5) is 5.69 Å². The third kappa shape index (κ3) is 2.63. The van der Waals surface area contributed by atoms with E-state index in [2.05, 4.69) is 61.2 Å². The number of nitrogens with two attached hydrogens (primary N) is 1. The van der Waals surface area contributed by atoms with Crippen molar-refractivity contribution in [2.45, 2.75) is 19.9 Å². The van der Waals surface area contributed by atoms with E-state index in [-0.39, 0.29) is 11.5 Å². The van der Waals surface area contributed by atoms with E-state index in [9.17, 15) is 0 Å². The van der Waals surface area contributed by atoms with Crippen LogP contribution >= 0.6 is 0 Å². The number of fused-ring (bicyclic) bond motifs is 1. The highest BCUT2D eigenvalue weighted by Crippen LogP contribution is 2.33. The summed E-state index contributed by atoms with van der Waals surface area (Å²) < 4.78 is 5.59. The zero-order valence-corrected chi connectivity index (χ0v) is 12.9. The minimum Gasteiger partial charge on any atom is -0.379 e. The van der Waals surface area contributed by atoms with E-state index in [0.717, 1.165) is 19.7 Å². The van der Waals surface area contributed by atoms with Crippen molar-refractivity contribution in [3.8, 4) is 0 Å². The van der Waals surface area contributed by atoms with Crippen LogP contribution in [0.2, 0.25) is 0 Å². The topological polar surface area (TPSA) is 38.5 Å². The van der Waals surface area contributed by atoms with Gasteiger partial charge in [0, 0.05) is 35.6 Å². The Balaban J connectivity index is 1.95. The summed E-state index contributed by atoms with van der Waals surface area (Å²) in [6.07, 6.45) is 0. The molecule has 1 saturated heterocycles. The molecule has 2 aromatic rings. The Morgan fingerprint density at radius 1 is 1.24 bits per heavy atom. The molecule has 0 spiro atoms. The Kier molecular flexibility index (Phi) is 3.87. The summed E-state index contributed by atoms with van der Waals surface area (Å²) in [6, 6.07) is 15.2. The van der Waals surface area contributed by atoms with Gasteiger partial charge in [0.25, 0.3) is 0 Å². The fourth-order valence-electron chi connectivity index (χ4n) is 3.18. The van der Waals surface area contributed by atoms with Crippen molar-refractivity contribution in [1.82, 2.24) is 0 Å². The number of nitrogens with zero attached hydrogens (tertiary/aromatic N) is 1. The van der Waals surface area contributed by atoms with E-state index in [1.54, 1.807) is 0 Å². The highest BCUT2D eigenvalue weighted by molar-refractivity contribution is 5.94. The van der Waals surface area contributed by atoms with Gasteiger partial charge in [-0.3, -0.25) is 0 Å². The molecule has 3 rings (SSSR count). The van der Waals surface area contributed by atoms with Gasteiger partial charge in [-0.1, -0.05) is 43.3 Å². The number of hydrogen-bond donors (Lipinski definition) is 1. The molecule has 2 aromatic carbocycles. The molecular formula is C18H24N2O. The molecule has 3 heteroatoms. The Bertz CT molecular complexity index is 622. The van der Waals surface area contributed by atoms with Crippen LogP contribution in [-0.2, 0) is 4.74 Å². The first kappa shape index (κ1) is 14.4. The van der Waals surface area contributed by atoms with Crippen molar-refractivity contribution >= 4 is 16.5 Å². The van der Waals surface area contributed by atoms with E-state index < -0.39 is 0 Å². The lowest BCUT2D eigenvalue weighted by atomic mass is 9.85. The smallest absolute Gasteiger partial charge is 0.0624 e. The van der Waals surface area contributed by atoms with Gasteiger partial charge in [-0.25, -0.2) is 0 Å². The second-order valence-electron chi connectivity index (χ2n) is 6.29. The number of rotatable bonds is 4. The van der Waals surface area contributed by atoms with Crippen LogP contribution in [0.15, 0.2) is 42.5 Å². The van der Waals surface area contributed by atoms with Crippen LogP contribution in [0.1, 0.15) is 13.8 Å². The van der Waals surface area contributed by atoms with E-state index in [4.69, 9.17) is 10.5 Å². The van der Waals surface area contributed by atoms with Crippen LogP contribution in [0.25, 0.3) is 10.8 Å². The molecule has 0 radical (unpaired) electrons. The number of ether oxygens (including phenoxy) is 1. The first-order valence-corrected chi connectivity index (χ1v) is 7.70. The minimum atomic E-state index is 0.0208. The first-order valence-electron chi connectivity index (χ1n) is 7.70. The van der Waals surface area contributed by atoms with Gasteiger partial charge in [-0.05, 0) is 18.4 Å². The molecule has 0 aliphatic carbocycles. The molecular weight excluding hydrogens is 260 g/mol. The maximum atomic E-state index is 6.26. The first-order chi connectivity index (χ1) is 10.1.